The molecule has 2 unspecified atom stereocenters. The first-order valence-electron chi connectivity index (χ1n) is 6.08. The largest absolute Gasteiger partial charge is 0.468 e. The van der Waals surface area contributed by atoms with Crippen molar-refractivity contribution in [2.75, 3.05) is 20.2 Å². The molecule has 0 saturated carbocycles. The van der Waals surface area contributed by atoms with E-state index in [2.05, 4.69) is 23.9 Å². The molecule has 0 aliphatic carbocycles. The van der Waals surface area contributed by atoms with Crippen LogP contribution in [-0.2, 0) is 9.53 Å². The van der Waals surface area contributed by atoms with Gasteiger partial charge in [-0.3, -0.25) is 4.79 Å². The Morgan fingerprint density at radius 3 is 2.56 bits per heavy atom. The van der Waals surface area contributed by atoms with E-state index in [0.717, 1.165) is 13.0 Å². The van der Waals surface area contributed by atoms with Crippen molar-refractivity contribution in [3.05, 3.63) is 0 Å². The average molecular weight is 250 g/mol. The van der Waals surface area contributed by atoms with Crippen molar-refractivity contribution in [2.24, 2.45) is 5.92 Å². The molecular formula is C12H24ClNO2. The van der Waals surface area contributed by atoms with Gasteiger partial charge in [0.25, 0.3) is 0 Å². The number of hydrogen-bond acceptors (Lipinski definition) is 3. The summed E-state index contributed by atoms with van der Waals surface area (Å²) in [6.07, 6.45) is 4.90. The maximum atomic E-state index is 11.0. The quantitative estimate of drug-likeness (QED) is 0.504. The van der Waals surface area contributed by atoms with Crippen LogP contribution in [0, 0.1) is 5.92 Å². The van der Waals surface area contributed by atoms with Gasteiger partial charge in [-0.25, -0.2) is 0 Å². The number of carbonyl (C=O) groups excluding carboxylic acids is 1. The standard InChI is InChI=1S/C12H24ClNO2/c1-4-6-7-10(5-2)8-14-9-11(13)12(15)16-3/h10-11,14H,4-9H2,1-3H3. The Morgan fingerprint density at radius 1 is 1.38 bits per heavy atom. The normalized spacial score (nSPS) is 14.5. The van der Waals surface area contributed by atoms with Gasteiger partial charge in [0.1, 0.15) is 5.38 Å². The fourth-order valence-corrected chi connectivity index (χ4v) is 1.77. The van der Waals surface area contributed by atoms with Gasteiger partial charge in [0.05, 0.1) is 7.11 Å². The predicted octanol–water partition coefficient (Wildman–Crippen LogP) is 2.57. The van der Waals surface area contributed by atoms with E-state index in [9.17, 15) is 4.79 Å². The van der Waals surface area contributed by atoms with Crippen LogP contribution in [0.4, 0.5) is 0 Å². The molecule has 0 saturated heterocycles. The SMILES string of the molecule is CCCCC(CC)CNCC(Cl)C(=O)OC. The molecule has 3 nitrogen and oxygen atoms in total. The van der Waals surface area contributed by atoms with E-state index in [1.54, 1.807) is 0 Å². The van der Waals surface area contributed by atoms with Crippen LogP contribution in [0.5, 0.6) is 0 Å². The van der Waals surface area contributed by atoms with Gasteiger partial charge in [-0.2, -0.15) is 0 Å². The Morgan fingerprint density at radius 2 is 2.06 bits per heavy atom. The fourth-order valence-electron chi connectivity index (χ4n) is 1.57. The summed E-state index contributed by atoms with van der Waals surface area (Å²) in [5.41, 5.74) is 0. The number of nitrogens with one attached hydrogen (secondary N) is 1. The number of methoxy groups -OCH3 is 1. The highest BCUT2D eigenvalue weighted by Crippen LogP contribution is 2.11. The molecule has 0 amide bonds. The lowest BCUT2D eigenvalue weighted by Crippen LogP contribution is -2.33. The van der Waals surface area contributed by atoms with Crippen molar-refractivity contribution in [1.82, 2.24) is 5.32 Å². The third-order valence-corrected chi connectivity index (χ3v) is 3.09. The number of unbranched alkanes of at least 4 members (excludes halogenated alkanes) is 1. The second-order valence-electron chi connectivity index (χ2n) is 4.07. The van der Waals surface area contributed by atoms with E-state index >= 15 is 0 Å². The maximum Gasteiger partial charge on any atom is 0.325 e. The van der Waals surface area contributed by atoms with E-state index in [0.29, 0.717) is 12.5 Å². The Labute approximate surface area is 104 Å². The molecule has 0 aliphatic rings. The molecule has 0 heterocycles. The van der Waals surface area contributed by atoms with Gasteiger partial charge in [-0.15, -0.1) is 11.6 Å². The number of esters is 1. The number of alkyl halides is 1. The Hall–Kier alpha value is -0.280. The first kappa shape index (κ1) is 15.7. The van der Waals surface area contributed by atoms with Crippen molar-refractivity contribution in [3.63, 3.8) is 0 Å². The number of carbonyl (C=O) groups is 1. The smallest absolute Gasteiger partial charge is 0.325 e. The lowest BCUT2D eigenvalue weighted by Gasteiger charge is -2.16. The van der Waals surface area contributed by atoms with Gasteiger partial charge in [0.15, 0.2) is 0 Å². The number of hydrogen-bond donors (Lipinski definition) is 1. The molecule has 4 heteroatoms. The van der Waals surface area contributed by atoms with Crippen molar-refractivity contribution >= 4 is 17.6 Å². The molecule has 96 valence electrons. The maximum absolute atomic E-state index is 11.0. The van der Waals surface area contributed by atoms with E-state index in [1.807, 2.05) is 0 Å². The Bertz CT molecular complexity index is 188. The molecule has 0 rings (SSSR count). The highest BCUT2D eigenvalue weighted by atomic mass is 35.5. The zero-order chi connectivity index (χ0) is 12.4. The molecule has 0 aromatic heterocycles. The van der Waals surface area contributed by atoms with Crippen LogP contribution >= 0.6 is 11.6 Å². The minimum absolute atomic E-state index is 0.365. The Kier molecular flexibility index (Phi) is 9.74. The van der Waals surface area contributed by atoms with Crippen LogP contribution in [-0.4, -0.2) is 31.5 Å². The fraction of sp³-hybridized carbons (Fsp3) is 0.917. The molecule has 0 fully saturated rings. The lowest BCUT2D eigenvalue weighted by molar-refractivity contribution is -0.140. The van der Waals surface area contributed by atoms with Gasteiger partial charge < -0.3 is 10.1 Å². The van der Waals surface area contributed by atoms with Crippen molar-refractivity contribution < 1.29 is 9.53 Å². The van der Waals surface area contributed by atoms with Gasteiger partial charge in [0, 0.05) is 6.54 Å². The topological polar surface area (TPSA) is 38.3 Å². The highest BCUT2D eigenvalue weighted by molar-refractivity contribution is 6.30. The summed E-state index contributed by atoms with van der Waals surface area (Å²) in [7, 11) is 1.35. The molecule has 2 atom stereocenters. The van der Waals surface area contributed by atoms with Crippen LogP contribution in [0.2, 0.25) is 0 Å². The number of rotatable bonds is 9. The molecule has 0 radical (unpaired) electrons. The zero-order valence-electron chi connectivity index (χ0n) is 10.6. The minimum atomic E-state index is -0.575. The molecule has 16 heavy (non-hydrogen) atoms. The van der Waals surface area contributed by atoms with Crippen molar-refractivity contribution in [3.8, 4) is 0 Å². The van der Waals surface area contributed by atoms with Gasteiger partial charge in [-0.05, 0) is 18.9 Å². The molecule has 0 spiro atoms. The van der Waals surface area contributed by atoms with Gasteiger partial charge in [0.2, 0.25) is 0 Å². The molecule has 0 aliphatic heterocycles. The second kappa shape index (κ2) is 9.91. The number of halogens is 1. The molecular weight excluding hydrogens is 226 g/mol. The van der Waals surface area contributed by atoms with E-state index in [1.165, 1.54) is 26.4 Å². The molecule has 0 aromatic carbocycles. The number of ether oxygens (including phenoxy) is 1. The van der Waals surface area contributed by atoms with Crippen LogP contribution in [0.1, 0.15) is 39.5 Å². The first-order chi connectivity index (χ1) is 7.65. The zero-order valence-corrected chi connectivity index (χ0v) is 11.3. The third kappa shape index (κ3) is 7.07. The van der Waals surface area contributed by atoms with Crippen molar-refractivity contribution in [2.45, 2.75) is 44.9 Å². The van der Waals surface area contributed by atoms with Gasteiger partial charge in [-0.1, -0.05) is 33.1 Å². The van der Waals surface area contributed by atoms with Crippen molar-refractivity contribution in [1.29, 1.82) is 0 Å². The second-order valence-corrected chi connectivity index (χ2v) is 4.59. The monoisotopic (exact) mass is 249 g/mol. The van der Waals surface area contributed by atoms with E-state index < -0.39 is 5.38 Å². The predicted molar refractivity (Wildman–Crippen MR) is 67.8 cm³/mol. The summed E-state index contributed by atoms with van der Waals surface area (Å²) in [5.74, 6) is 0.317. The third-order valence-electron chi connectivity index (χ3n) is 2.76. The average Bonchev–Trinajstić information content (AvgIpc) is 2.32. The van der Waals surface area contributed by atoms with Crippen LogP contribution < -0.4 is 5.32 Å². The van der Waals surface area contributed by atoms with E-state index in [4.69, 9.17) is 11.6 Å². The summed E-state index contributed by atoms with van der Waals surface area (Å²) in [6.45, 7) is 5.81. The molecule has 0 bridgehead atoms. The van der Waals surface area contributed by atoms with Crippen LogP contribution in [0.25, 0.3) is 0 Å². The Balaban J connectivity index is 3.64. The summed E-state index contributed by atoms with van der Waals surface area (Å²) < 4.78 is 4.55. The summed E-state index contributed by atoms with van der Waals surface area (Å²) in [4.78, 5) is 11.0. The minimum Gasteiger partial charge on any atom is -0.468 e. The van der Waals surface area contributed by atoms with E-state index in [-0.39, 0.29) is 5.97 Å². The van der Waals surface area contributed by atoms with Crippen LogP contribution in [0.3, 0.4) is 0 Å². The summed E-state index contributed by atoms with van der Waals surface area (Å²) in [5, 5.41) is 2.65. The van der Waals surface area contributed by atoms with Crippen LogP contribution in [0.15, 0.2) is 0 Å². The lowest BCUT2D eigenvalue weighted by atomic mass is 9.99. The highest BCUT2D eigenvalue weighted by Gasteiger charge is 2.15. The summed E-state index contributed by atoms with van der Waals surface area (Å²) in [6, 6.07) is 0. The summed E-state index contributed by atoms with van der Waals surface area (Å²) >= 11 is 5.83. The first-order valence-corrected chi connectivity index (χ1v) is 6.51. The van der Waals surface area contributed by atoms with Gasteiger partial charge >= 0.3 is 5.97 Å². The molecule has 1 N–H and O–H groups in total. The molecule has 0 aromatic rings.